The third-order valence-corrected chi connectivity index (χ3v) is 5.67. The van der Waals surface area contributed by atoms with Crippen LogP contribution < -0.4 is 15.0 Å². The van der Waals surface area contributed by atoms with Gasteiger partial charge in [0.25, 0.3) is 0 Å². The number of hydrogen-bond acceptors (Lipinski definition) is 8. The number of rotatable bonds is 7. The molecule has 1 saturated carbocycles. The molecule has 0 amide bonds. The molecule has 9 nitrogen and oxygen atoms in total. The van der Waals surface area contributed by atoms with E-state index in [9.17, 15) is 0 Å². The first-order valence-corrected chi connectivity index (χ1v) is 10.2. The molecular weight excluding hydrogens is 394 g/mol. The van der Waals surface area contributed by atoms with Crippen LogP contribution in [0.2, 0.25) is 5.02 Å². The third-order valence-electron chi connectivity index (χ3n) is 5.43. The van der Waals surface area contributed by atoms with Gasteiger partial charge in [0, 0.05) is 31.0 Å². The number of aryl methyl sites for hydroxylation is 2. The zero-order valence-corrected chi connectivity index (χ0v) is 17.0. The standard InChI is InChI=1S/C19H22ClN7O2/c1-3-7-27-18(29-14-6-4-5-13(20)9-14)22-17(25-27)21-16-12-8-15(16)26(10-12)19-24-23-11(2)28-19/h4-6,9,12,15-16H,3,7-8,10H2,1-2H3,(H,21,25). The lowest BCUT2D eigenvalue weighted by Gasteiger charge is -2.36. The van der Waals surface area contributed by atoms with E-state index >= 15 is 0 Å². The number of anilines is 2. The molecule has 1 aliphatic carbocycles. The topological polar surface area (TPSA) is 94.1 Å². The number of fused-ring (bicyclic) bond motifs is 1. The molecule has 1 aromatic carbocycles. The fourth-order valence-corrected chi connectivity index (χ4v) is 4.24. The highest BCUT2D eigenvalue weighted by Crippen LogP contribution is 2.44. The highest BCUT2D eigenvalue weighted by Gasteiger charge is 2.54. The lowest BCUT2D eigenvalue weighted by molar-refractivity contribution is 0.329. The summed E-state index contributed by atoms with van der Waals surface area (Å²) in [6.07, 6.45) is 2.02. The summed E-state index contributed by atoms with van der Waals surface area (Å²) in [4.78, 5) is 6.76. The van der Waals surface area contributed by atoms with Gasteiger partial charge in [-0.05, 0) is 31.0 Å². The van der Waals surface area contributed by atoms with Crippen molar-refractivity contribution in [2.24, 2.45) is 5.92 Å². The van der Waals surface area contributed by atoms with Crippen LogP contribution in [0.15, 0.2) is 28.7 Å². The Morgan fingerprint density at radius 3 is 3.00 bits per heavy atom. The normalized spacial score (nSPS) is 22.6. The van der Waals surface area contributed by atoms with Crippen molar-refractivity contribution >= 4 is 23.6 Å². The number of halogens is 1. The summed E-state index contributed by atoms with van der Waals surface area (Å²) >= 11 is 6.06. The van der Waals surface area contributed by atoms with Crippen molar-refractivity contribution < 1.29 is 9.15 Å². The van der Waals surface area contributed by atoms with Crippen LogP contribution in [0.4, 0.5) is 12.0 Å². The van der Waals surface area contributed by atoms with Crippen molar-refractivity contribution in [2.45, 2.75) is 45.3 Å². The first kappa shape index (κ1) is 18.2. The predicted molar refractivity (Wildman–Crippen MR) is 108 cm³/mol. The number of nitrogens with zero attached hydrogens (tertiary/aromatic N) is 6. The molecule has 3 fully saturated rings. The van der Waals surface area contributed by atoms with Crippen molar-refractivity contribution in [3.05, 3.63) is 35.2 Å². The lowest BCUT2D eigenvalue weighted by atomic mass is 9.80. The minimum atomic E-state index is 0.249. The summed E-state index contributed by atoms with van der Waals surface area (Å²) in [5.74, 6) is 2.29. The summed E-state index contributed by atoms with van der Waals surface area (Å²) in [5, 5.41) is 16.8. The number of aromatic nitrogens is 5. The summed E-state index contributed by atoms with van der Waals surface area (Å²) in [6, 6.07) is 8.85. The van der Waals surface area contributed by atoms with Gasteiger partial charge in [-0.1, -0.05) is 29.7 Å². The molecule has 2 aliphatic heterocycles. The van der Waals surface area contributed by atoms with Gasteiger partial charge in [0.15, 0.2) is 0 Å². The van der Waals surface area contributed by atoms with Gasteiger partial charge in [-0.3, -0.25) is 0 Å². The molecule has 152 valence electrons. The average molecular weight is 416 g/mol. The van der Waals surface area contributed by atoms with Crippen molar-refractivity contribution in [1.29, 1.82) is 0 Å². The van der Waals surface area contributed by atoms with E-state index < -0.39 is 0 Å². The Bertz CT molecular complexity index is 1020. The molecule has 2 bridgehead atoms. The van der Waals surface area contributed by atoms with E-state index in [4.69, 9.17) is 20.8 Å². The van der Waals surface area contributed by atoms with Gasteiger partial charge in [-0.2, -0.15) is 4.98 Å². The van der Waals surface area contributed by atoms with Crippen LogP contribution in [0.25, 0.3) is 0 Å². The molecule has 3 atom stereocenters. The SMILES string of the molecule is CCCn1nc(NC2C3CC2N(c2nnc(C)o2)C3)nc1Oc1cccc(Cl)c1. The number of benzene rings is 1. The second-order valence-corrected chi connectivity index (χ2v) is 7.93. The summed E-state index contributed by atoms with van der Waals surface area (Å²) in [7, 11) is 0. The van der Waals surface area contributed by atoms with E-state index in [0.717, 1.165) is 25.9 Å². The molecule has 0 spiro atoms. The van der Waals surface area contributed by atoms with Gasteiger partial charge >= 0.3 is 12.0 Å². The Kier molecular flexibility index (Phi) is 4.54. The average Bonchev–Trinajstić information content (AvgIpc) is 3.44. The van der Waals surface area contributed by atoms with Gasteiger partial charge in [0.05, 0.1) is 12.1 Å². The van der Waals surface area contributed by atoms with Crippen molar-refractivity contribution in [2.75, 3.05) is 16.8 Å². The molecular formula is C19H22ClN7O2. The molecule has 3 unspecified atom stereocenters. The molecule has 2 aromatic heterocycles. The maximum absolute atomic E-state index is 6.06. The summed E-state index contributed by atoms with van der Waals surface area (Å²) in [5.41, 5.74) is 0. The highest BCUT2D eigenvalue weighted by molar-refractivity contribution is 6.30. The van der Waals surface area contributed by atoms with Crippen molar-refractivity contribution in [3.8, 4) is 11.8 Å². The summed E-state index contributed by atoms with van der Waals surface area (Å²) in [6.45, 7) is 5.51. The lowest BCUT2D eigenvalue weighted by Crippen LogP contribution is -2.49. The van der Waals surface area contributed by atoms with Crippen LogP contribution in [0, 0.1) is 12.8 Å². The smallest absolute Gasteiger partial charge is 0.322 e. The molecule has 2 saturated heterocycles. The Morgan fingerprint density at radius 2 is 2.24 bits per heavy atom. The Morgan fingerprint density at radius 1 is 1.34 bits per heavy atom. The first-order chi connectivity index (χ1) is 14.1. The zero-order valence-electron chi connectivity index (χ0n) is 16.2. The molecule has 0 radical (unpaired) electrons. The Balaban J connectivity index is 1.32. The van der Waals surface area contributed by atoms with Gasteiger partial charge in [-0.25, -0.2) is 4.68 Å². The second-order valence-electron chi connectivity index (χ2n) is 7.49. The number of nitrogens with one attached hydrogen (secondary N) is 1. The van der Waals surface area contributed by atoms with Gasteiger partial charge < -0.3 is 19.4 Å². The number of ether oxygens (including phenoxy) is 1. The Labute approximate surface area is 173 Å². The van der Waals surface area contributed by atoms with Gasteiger partial charge in [0.1, 0.15) is 5.75 Å². The highest BCUT2D eigenvalue weighted by atomic mass is 35.5. The maximum atomic E-state index is 6.06. The largest absolute Gasteiger partial charge is 0.424 e. The van der Waals surface area contributed by atoms with Crippen molar-refractivity contribution in [1.82, 2.24) is 25.0 Å². The van der Waals surface area contributed by atoms with E-state index in [-0.39, 0.29) is 6.04 Å². The maximum Gasteiger partial charge on any atom is 0.322 e. The van der Waals surface area contributed by atoms with E-state index in [1.165, 1.54) is 0 Å². The molecule has 10 heteroatoms. The molecule has 3 aliphatic rings. The minimum absolute atomic E-state index is 0.249. The van der Waals surface area contributed by atoms with Gasteiger partial charge in [0.2, 0.25) is 11.8 Å². The Hall–Kier alpha value is -2.81. The fourth-order valence-electron chi connectivity index (χ4n) is 4.06. The zero-order chi connectivity index (χ0) is 20.0. The molecule has 4 heterocycles. The monoisotopic (exact) mass is 415 g/mol. The van der Waals surface area contributed by atoms with Crippen LogP contribution in [-0.2, 0) is 6.54 Å². The summed E-state index contributed by atoms with van der Waals surface area (Å²) < 4.78 is 13.3. The van der Waals surface area contributed by atoms with Crippen molar-refractivity contribution in [3.63, 3.8) is 0 Å². The molecule has 29 heavy (non-hydrogen) atoms. The molecule has 6 rings (SSSR count). The van der Waals surface area contributed by atoms with E-state index in [0.29, 0.717) is 46.6 Å². The van der Waals surface area contributed by atoms with Crippen LogP contribution in [0.5, 0.6) is 11.8 Å². The van der Waals surface area contributed by atoms with Gasteiger partial charge in [-0.15, -0.1) is 10.2 Å². The predicted octanol–water partition coefficient (Wildman–Crippen LogP) is 3.51. The third kappa shape index (κ3) is 3.39. The van der Waals surface area contributed by atoms with Crippen LogP contribution in [0.3, 0.4) is 0 Å². The first-order valence-electron chi connectivity index (χ1n) is 9.82. The van der Waals surface area contributed by atoms with Crippen LogP contribution in [0.1, 0.15) is 25.7 Å². The minimum Gasteiger partial charge on any atom is -0.424 e. The second kappa shape index (κ2) is 7.22. The van der Waals surface area contributed by atoms with E-state index in [1.807, 2.05) is 12.1 Å². The molecule has 3 aromatic rings. The van der Waals surface area contributed by atoms with Crippen LogP contribution in [-0.4, -0.2) is 43.6 Å². The molecule has 1 N–H and O–H groups in total. The van der Waals surface area contributed by atoms with E-state index in [2.05, 4.69) is 37.4 Å². The number of hydrogen-bond donors (Lipinski definition) is 1. The van der Waals surface area contributed by atoms with E-state index in [1.54, 1.807) is 23.7 Å². The fraction of sp³-hybridized carbons (Fsp3) is 0.474. The quantitative estimate of drug-likeness (QED) is 0.626. The van der Waals surface area contributed by atoms with Crippen LogP contribution >= 0.6 is 11.6 Å².